The van der Waals surface area contributed by atoms with Gasteiger partial charge in [0.25, 0.3) is 0 Å². The van der Waals surface area contributed by atoms with Crippen LogP contribution in [0, 0.1) is 18.6 Å². The predicted molar refractivity (Wildman–Crippen MR) is 71.9 cm³/mol. The minimum absolute atomic E-state index is 0.0585. The van der Waals surface area contributed by atoms with E-state index in [0.717, 1.165) is 12.1 Å². The number of para-hydroxylation sites is 1. The van der Waals surface area contributed by atoms with Crippen molar-refractivity contribution in [2.75, 3.05) is 11.1 Å². The summed E-state index contributed by atoms with van der Waals surface area (Å²) >= 11 is 0. The predicted octanol–water partition coefficient (Wildman–Crippen LogP) is 4.20. The van der Waals surface area contributed by atoms with Gasteiger partial charge in [-0.3, -0.25) is 0 Å². The maximum Gasteiger partial charge on any atom is 0.387 e. The summed E-state index contributed by atoms with van der Waals surface area (Å²) in [5.74, 6) is -2.24. The molecule has 0 unspecified atom stereocenters. The molecule has 2 aromatic carbocycles. The van der Waals surface area contributed by atoms with Gasteiger partial charge in [0, 0.05) is 12.1 Å². The average Bonchev–Trinajstić information content (AvgIpc) is 2.38. The number of alkyl halides is 2. The third-order valence-electron chi connectivity index (χ3n) is 2.80. The first-order chi connectivity index (χ1) is 9.88. The lowest BCUT2D eigenvalue weighted by Crippen LogP contribution is -2.06. The third-order valence-corrected chi connectivity index (χ3v) is 2.80. The molecule has 0 fully saturated rings. The number of anilines is 3. The molecule has 0 bridgehead atoms. The Morgan fingerprint density at radius 1 is 1.14 bits per heavy atom. The van der Waals surface area contributed by atoms with Crippen LogP contribution in [0.3, 0.4) is 0 Å². The van der Waals surface area contributed by atoms with Crippen LogP contribution in [0.4, 0.5) is 34.6 Å². The first kappa shape index (κ1) is 15.0. The van der Waals surface area contributed by atoms with Gasteiger partial charge in [0.15, 0.2) is 11.6 Å². The molecule has 3 N–H and O–H groups in total. The highest BCUT2D eigenvalue weighted by molar-refractivity contribution is 5.75. The average molecular weight is 300 g/mol. The fourth-order valence-electron chi connectivity index (χ4n) is 1.79. The molecule has 0 heterocycles. The summed E-state index contributed by atoms with van der Waals surface area (Å²) < 4.78 is 55.6. The number of benzene rings is 2. The van der Waals surface area contributed by atoms with E-state index in [0.29, 0.717) is 5.56 Å². The lowest BCUT2D eigenvalue weighted by Gasteiger charge is -2.14. The molecule has 3 nitrogen and oxygen atoms in total. The third kappa shape index (κ3) is 3.36. The van der Waals surface area contributed by atoms with Crippen molar-refractivity contribution in [3.05, 3.63) is 47.5 Å². The molecule has 7 heteroatoms. The van der Waals surface area contributed by atoms with Gasteiger partial charge in [-0.15, -0.1) is 0 Å². The largest absolute Gasteiger partial charge is 0.432 e. The van der Waals surface area contributed by atoms with Crippen molar-refractivity contribution in [1.82, 2.24) is 0 Å². The van der Waals surface area contributed by atoms with Gasteiger partial charge in [0.2, 0.25) is 0 Å². The highest BCUT2D eigenvalue weighted by atomic mass is 19.3. The molecule has 0 amide bonds. The standard InChI is InChI=1S/C14H12F4N2O/c1-7-3-2-4-8(15)13(7)20-11-6-12(21-14(17)18)9(16)5-10(11)19/h2-6,14,20H,19H2,1H3. The van der Waals surface area contributed by atoms with Crippen LogP contribution in [0.2, 0.25) is 0 Å². The zero-order valence-corrected chi connectivity index (χ0v) is 11.0. The second-order valence-corrected chi connectivity index (χ2v) is 4.31. The van der Waals surface area contributed by atoms with Crippen LogP contribution < -0.4 is 15.8 Å². The van der Waals surface area contributed by atoms with Crippen LogP contribution in [0.15, 0.2) is 30.3 Å². The minimum Gasteiger partial charge on any atom is -0.432 e. The van der Waals surface area contributed by atoms with Crippen molar-refractivity contribution in [2.45, 2.75) is 13.5 Å². The molecule has 0 aliphatic heterocycles. The topological polar surface area (TPSA) is 47.3 Å². The molecule has 0 aromatic heterocycles. The Labute approximate surface area is 118 Å². The minimum atomic E-state index is -3.17. The van der Waals surface area contributed by atoms with Crippen molar-refractivity contribution in [2.24, 2.45) is 0 Å². The first-order valence-electron chi connectivity index (χ1n) is 5.94. The van der Waals surface area contributed by atoms with Gasteiger partial charge in [-0.1, -0.05) is 12.1 Å². The van der Waals surface area contributed by atoms with Crippen LogP contribution in [-0.4, -0.2) is 6.61 Å². The lowest BCUT2D eigenvalue weighted by atomic mass is 10.1. The van der Waals surface area contributed by atoms with Crippen molar-refractivity contribution >= 4 is 17.1 Å². The Bertz CT molecular complexity index is 641. The van der Waals surface area contributed by atoms with E-state index < -0.39 is 24.0 Å². The van der Waals surface area contributed by atoms with E-state index in [1.54, 1.807) is 13.0 Å². The summed E-state index contributed by atoms with van der Waals surface area (Å²) in [4.78, 5) is 0. The summed E-state index contributed by atoms with van der Waals surface area (Å²) in [6.45, 7) is -1.52. The molecule has 0 saturated heterocycles. The van der Waals surface area contributed by atoms with Gasteiger partial charge in [0.05, 0.1) is 17.1 Å². The number of ether oxygens (including phenoxy) is 1. The van der Waals surface area contributed by atoms with Crippen molar-refractivity contribution in [3.8, 4) is 5.75 Å². The Kier molecular flexibility index (Phi) is 4.21. The van der Waals surface area contributed by atoms with Crippen molar-refractivity contribution < 1.29 is 22.3 Å². The summed E-state index contributed by atoms with van der Waals surface area (Å²) in [6, 6.07) is 6.20. The van der Waals surface area contributed by atoms with Gasteiger partial charge in [0.1, 0.15) is 5.82 Å². The number of nitrogen functional groups attached to an aromatic ring is 1. The van der Waals surface area contributed by atoms with Crippen LogP contribution in [0.1, 0.15) is 5.56 Å². The normalized spacial score (nSPS) is 10.8. The lowest BCUT2D eigenvalue weighted by molar-refractivity contribution is -0.0521. The summed E-state index contributed by atoms with van der Waals surface area (Å²) in [7, 11) is 0. The fourth-order valence-corrected chi connectivity index (χ4v) is 1.79. The van der Waals surface area contributed by atoms with Gasteiger partial charge < -0.3 is 15.8 Å². The first-order valence-corrected chi connectivity index (χ1v) is 5.94. The molecule has 0 atom stereocenters. The van der Waals surface area contributed by atoms with E-state index in [9.17, 15) is 17.6 Å². The fraction of sp³-hybridized carbons (Fsp3) is 0.143. The highest BCUT2D eigenvalue weighted by Gasteiger charge is 2.15. The number of nitrogens with one attached hydrogen (secondary N) is 1. The highest BCUT2D eigenvalue weighted by Crippen LogP contribution is 2.33. The zero-order chi connectivity index (χ0) is 15.6. The quantitative estimate of drug-likeness (QED) is 0.657. The number of halogens is 4. The molecular weight excluding hydrogens is 288 g/mol. The molecule has 0 spiro atoms. The van der Waals surface area contributed by atoms with Gasteiger partial charge in [-0.2, -0.15) is 8.78 Å². The maximum absolute atomic E-state index is 13.7. The molecule has 0 radical (unpaired) electrons. The van der Waals surface area contributed by atoms with Gasteiger partial charge in [-0.05, 0) is 18.6 Å². The molecule has 21 heavy (non-hydrogen) atoms. The second kappa shape index (κ2) is 5.90. The Morgan fingerprint density at radius 3 is 2.48 bits per heavy atom. The van der Waals surface area contributed by atoms with Crippen LogP contribution in [0.5, 0.6) is 5.75 Å². The Balaban J connectivity index is 2.40. The van der Waals surface area contributed by atoms with Crippen LogP contribution in [-0.2, 0) is 0 Å². The molecular formula is C14H12F4N2O. The summed E-state index contributed by atoms with van der Waals surface area (Å²) in [6.07, 6.45) is 0. The van der Waals surface area contributed by atoms with Crippen molar-refractivity contribution in [1.29, 1.82) is 0 Å². The zero-order valence-electron chi connectivity index (χ0n) is 11.0. The Hall–Kier alpha value is -2.44. The Morgan fingerprint density at radius 2 is 1.86 bits per heavy atom. The van der Waals surface area contributed by atoms with Gasteiger partial charge >= 0.3 is 6.61 Å². The van der Waals surface area contributed by atoms with Crippen LogP contribution in [0.25, 0.3) is 0 Å². The molecule has 112 valence electrons. The number of aryl methyl sites for hydroxylation is 1. The van der Waals surface area contributed by atoms with E-state index >= 15 is 0 Å². The maximum atomic E-state index is 13.7. The van der Waals surface area contributed by atoms with Gasteiger partial charge in [-0.25, -0.2) is 8.78 Å². The smallest absolute Gasteiger partial charge is 0.387 e. The number of rotatable bonds is 4. The summed E-state index contributed by atoms with van der Waals surface area (Å²) in [5, 5.41) is 2.66. The molecule has 2 rings (SSSR count). The molecule has 0 aliphatic carbocycles. The molecule has 0 saturated carbocycles. The van der Waals surface area contributed by atoms with E-state index in [-0.39, 0.29) is 17.1 Å². The van der Waals surface area contributed by atoms with E-state index in [4.69, 9.17) is 5.73 Å². The number of hydrogen-bond donors (Lipinski definition) is 2. The van der Waals surface area contributed by atoms with Crippen molar-refractivity contribution in [3.63, 3.8) is 0 Å². The van der Waals surface area contributed by atoms with E-state index in [1.165, 1.54) is 12.1 Å². The SMILES string of the molecule is Cc1cccc(F)c1Nc1cc(OC(F)F)c(F)cc1N. The molecule has 0 aliphatic rings. The number of nitrogens with two attached hydrogens (primary N) is 1. The molecule has 2 aromatic rings. The second-order valence-electron chi connectivity index (χ2n) is 4.31. The monoisotopic (exact) mass is 300 g/mol. The summed E-state index contributed by atoms with van der Waals surface area (Å²) in [5.41, 5.74) is 6.31. The van der Waals surface area contributed by atoms with E-state index in [1.807, 2.05) is 0 Å². The number of hydrogen-bond acceptors (Lipinski definition) is 3. The van der Waals surface area contributed by atoms with E-state index in [2.05, 4.69) is 10.1 Å². The van der Waals surface area contributed by atoms with Crippen LogP contribution >= 0.6 is 0 Å².